The summed E-state index contributed by atoms with van der Waals surface area (Å²) in [6.45, 7) is 2.33. The standard InChI is InChI=1S/C13H16ClNO2/c1-9(7-14)15-13(16)11-6-10-4-2-3-5-12(10)17-8-11/h2-5,9,11H,6-8H2,1H3,(H,15,16). The molecule has 2 unspecified atom stereocenters. The molecule has 2 atom stereocenters. The van der Waals surface area contributed by atoms with Crippen molar-refractivity contribution in [1.29, 1.82) is 0 Å². The minimum absolute atomic E-state index is 0.00124. The lowest BCUT2D eigenvalue weighted by Crippen LogP contribution is -2.42. The molecule has 0 spiro atoms. The lowest BCUT2D eigenvalue weighted by atomic mass is 9.96. The zero-order valence-electron chi connectivity index (χ0n) is 9.78. The summed E-state index contributed by atoms with van der Waals surface area (Å²) < 4.78 is 5.58. The summed E-state index contributed by atoms with van der Waals surface area (Å²) in [7, 11) is 0. The average Bonchev–Trinajstić information content (AvgIpc) is 2.38. The third-order valence-corrected chi connectivity index (χ3v) is 3.33. The van der Waals surface area contributed by atoms with Crippen molar-refractivity contribution in [3.05, 3.63) is 29.8 Å². The van der Waals surface area contributed by atoms with Crippen LogP contribution in [0.15, 0.2) is 24.3 Å². The number of halogens is 1. The first-order chi connectivity index (χ1) is 8.20. The molecule has 0 aliphatic carbocycles. The molecule has 2 rings (SSSR count). The fourth-order valence-corrected chi connectivity index (χ4v) is 1.97. The van der Waals surface area contributed by atoms with Crippen molar-refractivity contribution < 1.29 is 9.53 Å². The van der Waals surface area contributed by atoms with Crippen LogP contribution >= 0.6 is 11.6 Å². The Morgan fingerprint density at radius 1 is 1.59 bits per heavy atom. The second kappa shape index (κ2) is 5.41. The van der Waals surface area contributed by atoms with Gasteiger partial charge in [0.15, 0.2) is 0 Å². The first kappa shape index (κ1) is 12.2. The van der Waals surface area contributed by atoms with Gasteiger partial charge in [0.1, 0.15) is 12.4 Å². The highest BCUT2D eigenvalue weighted by molar-refractivity contribution is 6.18. The van der Waals surface area contributed by atoms with Gasteiger partial charge in [-0.15, -0.1) is 11.6 Å². The van der Waals surface area contributed by atoms with Gasteiger partial charge in [0.05, 0.1) is 5.92 Å². The maximum absolute atomic E-state index is 11.9. The fraction of sp³-hybridized carbons (Fsp3) is 0.462. The number of para-hydroxylation sites is 1. The number of alkyl halides is 1. The zero-order chi connectivity index (χ0) is 12.3. The second-order valence-corrected chi connectivity index (χ2v) is 4.69. The number of carbonyl (C=O) groups excluding carboxylic acids is 1. The summed E-state index contributed by atoms with van der Waals surface area (Å²) in [5.74, 6) is 1.22. The van der Waals surface area contributed by atoms with Crippen LogP contribution in [0, 0.1) is 5.92 Å². The van der Waals surface area contributed by atoms with Crippen LogP contribution in [0.1, 0.15) is 12.5 Å². The number of amides is 1. The van der Waals surface area contributed by atoms with E-state index in [0.717, 1.165) is 17.7 Å². The monoisotopic (exact) mass is 253 g/mol. The van der Waals surface area contributed by atoms with Crippen LogP contribution in [0.25, 0.3) is 0 Å². The van der Waals surface area contributed by atoms with E-state index in [1.54, 1.807) is 0 Å². The van der Waals surface area contributed by atoms with Crippen LogP contribution in [0.4, 0.5) is 0 Å². The average molecular weight is 254 g/mol. The molecule has 3 nitrogen and oxygen atoms in total. The van der Waals surface area contributed by atoms with E-state index < -0.39 is 0 Å². The van der Waals surface area contributed by atoms with Crippen molar-refractivity contribution in [2.75, 3.05) is 12.5 Å². The second-order valence-electron chi connectivity index (χ2n) is 4.38. The number of ether oxygens (including phenoxy) is 1. The predicted octanol–water partition coefficient (Wildman–Crippen LogP) is 1.98. The normalized spacial score (nSPS) is 20.0. The Kier molecular flexibility index (Phi) is 3.89. The summed E-state index contributed by atoms with van der Waals surface area (Å²) in [6.07, 6.45) is 0.733. The molecule has 0 fully saturated rings. The lowest BCUT2D eigenvalue weighted by molar-refractivity contribution is -0.126. The molecule has 0 aromatic heterocycles. The number of hydrogen-bond acceptors (Lipinski definition) is 2. The highest BCUT2D eigenvalue weighted by Crippen LogP contribution is 2.26. The molecule has 0 saturated carbocycles. The van der Waals surface area contributed by atoms with Crippen molar-refractivity contribution in [3.63, 3.8) is 0 Å². The molecule has 1 amide bonds. The lowest BCUT2D eigenvalue weighted by Gasteiger charge is -2.25. The van der Waals surface area contributed by atoms with Crippen LogP contribution < -0.4 is 10.1 Å². The number of hydrogen-bond donors (Lipinski definition) is 1. The number of fused-ring (bicyclic) bond motifs is 1. The van der Waals surface area contributed by atoms with Crippen LogP contribution in [0.3, 0.4) is 0 Å². The van der Waals surface area contributed by atoms with Gasteiger partial charge in [0.25, 0.3) is 0 Å². The predicted molar refractivity (Wildman–Crippen MR) is 67.5 cm³/mol. The summed E-state index contributed by atoms with van der Waals surface area (Å²) >= 11 is 5.67. The molecule has 1 aromatic carbocycles. The van der Waals surface area contributed by atoms with Gasteiger partial charge in [-0.05, 0) is 25.0 Å². The largest absolute Gasteiger partial charge is 0.492 e. The SMILES string of the molecule is CC(CCl)NC(=O)C1COc2ccccc2C1. The van der Waals surface area contributed by atoms with Crippen molar-refractivity contribution in [2.45, 2.75) is 19.4 Å². The van der Waals surface area contributed by atoms with Crippen LogP contribution in [0.5, 0.6) is 5.75 Å². The molecule has 17 heavy (non-hydrogen) atoms. The molecule has 1 N–H and O–H groups in total. The van der Waals surface area contributed by atoms with E-state index in [-0.39, 0.29) is 17.9 Å². The van der Waals surface area contributed by atoms with E-state index >= 15 is 0 Å². The highest BCUT2D eigenvalue weighted by Gasteiger charge is 2.26. The topological polar surface area (TPSA) is 38.3 Å². The summed E-state index contributed by atoms with van der Waals surface area (Å²) in [6, 6.07) is 7.84. The molecule has 0 bridgehead atoms. The molecule has 1 aliphatic heterocycles. The van der Waals surface area contributed by atoms with E-state index in [4.69, 9.17) is 16.3 Å². The molecular weight excluding hydrogens is 238 g/mol. The Bertz CT molecular complexity index is 408. The fourth-order valence-electron chi connectivity index (χ4n) is 1.90. The smallest absolute Gasteiger partial charge is 0.227 e. The van der Waals surface area contributed by atoms with Gasteiger partial charge >= 0.3 is 0 Å². The van der Waals surface area contributed by atoms with Crippen molar-refractivity contribution in [3.8, 4) is 5.75 Å². The molecule has 0 saturated heterocycles. The molecule has 1 aromatic rings. The number of benzene rings is 1. The van der Waals surface area contributed by atoms with Crippen molar-refractivity contribution >= 4 is 17.5 Å². The van der Waals surface area contributed by atoms with E-state index in [1.807, 2.05) is 31.2 Å². The summed E-state index contributed by atoms with van der Waals surface area (Å²) in [4.78, 5) is 11.9. The van der Waals surface area contributed by atoms with E-state index in [1.165, 1.54) is 0 Å². The van der Waals surface area contributed by atoms with Crippen LogP contribution in [-0.4, -0.2) is 24.4 Å². The zero-order valence-corrected chi connectivity index (χ0v) is 10.5. The third-order valence-electron chi connectivity index (χ3n) is 2.87. The Morgan fingerprint density at radius 2 is 2.35 bits per heavy atom. The van der Waals surface area contributed by atoms with Crippen LogP contribution in [0.2, 0.25) is 0 Å². The Balaban J connectivity index is 2.00. The van der Waals surface area contributed by atoms with Gasteiger partial charge in [0.2, 0.25) is 5.91 Å². The van der Waals surface area contributed by atoms with Gasteiger partial charge in [0, 0.05) is 11.9 Å². The van der Waals surface area contributed by atoms with Gasteiger partial charge < -0.3 is 10.1 Å². The summed E-state index contributed by atoms with van der Waals surface area (Å²) in [5.41, 5.74) is 1.09. The number of rotatable bonds is 3. The first-order valence-electron chi connectivity index (χ1n) is 5.77. The third kappa shape index (κ3) is 2.91. The van der Waals surface area contributed by atoms with E-state index in [0.29, 0.717) is 12.5 Å². The first-order valence-corrected chi connectivity index (χ1v) is 6.31. The quantitative estimate of drug-likeness (QED) is 0.837. The minimum Gasteiger partial charge on any atom is -0.492 e. The Morgan fingerprint density at radius 3 is 3.12 bits per heavy atom. The Hall–Kier alpha value is -1.22. The Labute approximate surface area is 106 Å². The van der Waals surface area contributed by atoms with Gasteiger partial charge in [-0.1, -0.05) is 18.2 Å². The molecule has 4 heteroatoms. The molecular formula is C13H16ClNO2. The maximum atomic E-state index is 11.9. The number of carbonyl (C=O) groups is 1. The van der Waals surface area contributed by atoms with Crippen molar-refractivity contribution in [2.24, 2.45) is 5.92 Å². The maximum Gasteiger partial charge on any atom is 0.227 e. The molecule has 1 aliphatic rings. The molecule has 1 heterocycles. The van der Waals surface area contributed by atoms with Gasteiger partial charge in [-0.2, -0.15) is 0 Å². The van der Waals surface area contributed by atoms with Crippen LogP contribution in [-0.2, 0) is 11.2 Å². The van der Waals surface area contributed by atoms with E-state index in [2.05, 4.69) is 5.32 Å². The van der Waals surface area contributed by atoms with Gasteiger partial charge in [-0.25, -0.2) is 0 Å². The summed E-state index contributed by atoms with van der Waals surface area (Å²) in [5, 5.41) is 2.88. The molecule has 0 radical (unpaired) electrons. The minimum atomic E-state index is -0.115. The molecule has 92 valence electrons. The number of nitrogens with one attached hydrogen (secondary N) is 1. The van der Waals surface area contributed by atoms with Gasteiger partial charge in [-0.3, -0.25) is 4.79 Å². The van der Waals surface area contributed by atoms with E-state index in [9.17, 15) is 4.79 Å². The van der Waals surface area contributed by atoms with Crippen molar-refractivity contribution in [1.82, 2.24) is 5.32 Å². The highest BCUT2D eigenvalue weighted by atomic mass is 35.5.